The van der Waals surface area contributed by atoms with Gasteiger partial charge in [-0.2, -0.15) is 5.10 Å². The minimum absolute atomic E-state index is 0.0522. The Morgan fingerprint density at radius 2 is 1.84 bits per heavy atom. The molecule has 3 aliphatic heterocycles. The molecule has 0 amide bonds. The van der Waals surface area contributed by atoms with Crippen molar-refractivity contribution >= 4 is 21.6 Å². The van der Waals surface area contributed by atoms with E-state index in [2.05, 4.69) is 27.0 Å². The number of hydrogen-bond acceptors (Lipinski definition) is 6. The monoisotopic (exact) mass is 492 g/mol. The van der Waals surface area contributed by atoms with Crippen LogP contribution < -0.4 is 18.9 Å². The first kappa shape index (κ1) is 19.5. The third-order valence-corrected chi connectivity index (χ3v) is 6.44. The minimum Gasteiger partial charge on any atom is -0.493 e. The van der Waals surface area contributed by atoms with Crippen LogP contribution in [0.15, 0.2) is 70.2 Å². The summed E-state index contributed by atoms with van der Waals surface area (Å²) in [7, 11) is 0. The summed E-state index contributed by atoms with van der Waals surface area (Å²) in [5.41, 5.74) is 4.09. The zero-order chi connectivity index (χ0) is 21.7. The average molecular weight is 493 g/mol. The first-order valence-electron chi connectivity index (χ1n) is 10.6. The lowest BCUT2D eigenvalue weighted by molar-refractivity contribution is -0.0206. The fourth-order valence-electron chi connectivity index (χ4n) is 4.49. The number of fused-ring (bicyclic) bond motifs is 4. The van der Waals surface area contributed by atoms with Gasteiger partial charge in [-0.3, -0.25) is 0 Å². The lowest BCUT2D eigenvalue weighted by Crippen LogP contribution is -2.34. The van der Waals surface area contributed by atoms with Gasteiger partial charge in [0, 0.05) is 22.0 Å². The third-order valence-electron chi connectivity index (χ3n) is 5.94. The van der Waals surface area contributed by atoms with Gasteiger partial charge in [-0.05, 0) is 55.5 Å². The van der Waals surface area contributed by atoms with E-state index < -0.39 is 0 Å². The number of benzene rings is 3. The average Bonchev–Trinajstić information content (AvgIpc) is 3.46. The lowest BCUT2D eigenvalue weighted by atomic mass is 9.95. The van der Waals surface area contributed by atoms with Crippen LogP contribution in [-0.2, 0) is 0 Å². The predicted octanol–water partition coefficient (Wildman–Crippen LogP) is 5.82. The summed E-state index contributed by atoms with van der Waals surface area (Å²) in [6, 6.07) is 20.2. The molecule has 2 atom stereocenters. The molecule has 0 unspecified atom stereocenters. The molecule has 6 nitrogen and oxygen atoms in total. The quantitative estimate of drug-likeness (QED) is 0.459. The molecule has 0 saturated heterocycles. The second-order valence-electron chi connectivity index (χ2n) is 7.84. The van der Waals surface area contributed by atoms with E-state index in [1.54, 1.807) is 0 Å². The molecule has 0 saturated carbocycles. The number of ether oxygens (including phenoxy) is 4. The highest BCUT2D eigenvalue weighted by atomic mass is 79.9. The molecule has 3 aromatic carbocycles. The van der Waals surface area contributed by atoms with Gasteiger partial charge in [0.05, 0.1) is 23.9 Å². The maximum absolute atomic E-state index is 6.51. The van der Waals surface area contributed by atoms with Crippen molar-refractivity contribution in [2.75, 3.05) is 13.4 Å². The second kappa shape index (κ2) is 7.74. The molecular weight excluding hydrogens is 472 g/mol. The summed E-state index contributed by atoms with van der Waals surface area (Å²) in [6.45, 7) is 2.83. The van der Waals surface area contributed by atoms with Gasteiger partial charge in [0.15, 0.2) is 11.5 Å². The molecule has 0 spiro atoms. The van der Waals surface area contributed by atoms with Gasteiger partial charge < -0.3 is 18.9 Å². The number of nitrogens with zero attached hydrogens (tertiary/aromatic N) is 2. The standard InChI is InChI=1S/C25H21BrN2O4/c1-2-29-21-6-4-3-5-17(21)25-28-20(18-12-16(26)8-10-22(18)32-25)13-19(27-28)15-7-9-23-24(11-15)31-14-30-23/h3-12,20,25H,2,13-14H2,1H3/t20-,25-/m0/s1. The highest BCUT2D eigenvalue weighted by molar-refractivity contribution is 9.10. The van der Waals surface area contributed by atoms with Crippen molar-refractivity contribution in [3.05, 3.63) is 81.8 Å². The van der Waals surface area contributed by atoms with E-state index in [0.29, 0.717) is 6.61 Å². The topological polar surface area (TPSA) is 52.5 Å². The van der Waals surface area contributed by atoms with Crippen molar-refractivity contribution in [2.24, 2.45) is 5.10 Å². The van der Waals surface area contributed by atoms with E-state index >= 15 is 0 Å². The summed E-state index contributed by atoms with van der Waals surface area (Å²) in [6.07, 6.45) is 0.377. The highest BCUT2D eigenvalue weighted by Crippen LogP contribution is 2.49. The Morgan fingerprint density at radius 1 is 1.00 bits per heavy atom. The Hall–Kier alpha value is -3.19. The summed E-state index contributed by atoms with van der Waals surface area (Å²) < 4.78 is 24.5. The van der Waals surface area contributed by atoms with Crippen molar-refractivity contribution in [1.82, 2.24) is 5.01 Å². The van der Waals surface area contributed by atoms with Gasteiger partial charge in [-0.15, -0.1) is 0 Å². The zero-order valence-corrected chi connectivity index (χ0v) is 19.0. The van der Waals surface area contributed by atoms with E-state index in [1.165, 1.54) is 0 Å². The normalized spacial score (nSPS) is 20.3. The fraction of sp³-hybridized carbons (Fsp3) is 0.240. The second-order valence-corrected chi connectivity index (χ2v) is 8.75. The van der Waals surface area contributed by atoms with Crippen LogP contribution in [0.4, 0.5) is 0 Å². The first-order chi connectivity index (χ1) is 15.7. The number of rotatable bonds is 4. The van der Waals surface area contributed by atoms with Crippen molar-refractivity contribution in [1.29, 1.82) is 0 Å². The number of hydrogen-bond donors (Lipinski definition) is 0. The van der Waals surface area contributed by atoms with Crippen LogP contribution in [-0.4, -0.2) is 24.1 Å². The van der Waals surface area contributed by atoms with E-state index in [9.17, 15) is 0 Å². The van der Waals surface area contributed by atoms with Gasteiger partial charge in [0.1, 0.15) is 11.5 Å². The van der Waals surface area contributed by atoms with Crippen molar-refractivity contribution in [3.8, 4) is 23.0 Å². The molecule has 162 valence electrons. The fourth-order valence-corrected chi connectivity index (χ4v) is 4.86. The van der Waals surface area contributed by atoms with Crippen LogP contribution >= 0.6 is 15.9 Å². The zero-order valence-electron chi connectivity index (χ0n) is 17.5. The van der Waals surface area contributed by atoms with E-state index in [0.717, 1.165) is 56.3 Å². The van der Waals surface area contributed by atoms with Crippen LogP contribution in [0.5, 0.6) is 23.0 Å². The van der Waals surface area contributed by atoms with Gasteiger partial charge in [0.25, 0.3) is 0 Å². The molecule has 3 heterocycles. The van der Waals surface area contributed by atoms with Crippen molar-refractivity contribution in [2.45, 2.75) is 25.6 Å². The Kier molecular flexibility index (Phi) is 4.72. The molecule has 6 rings (SSSR count). The minimum atomic E-state index is -0.386. The summed E-state index contributed by atoms with van der Waals surface area (Å²) in [5, 5.41) is 7.11. The maximum atomic E-state index is 6.51. The Balaban J connectivity index is 1.45. The summed E-state index contributed by atoms with van der Waals surface area (Å²) in [4.78, 5) is 0. The maximum Gasteiger partial charge on any atom is 0.231 e. The lowest BCUT2D eigenvalue weighted by Gasteiger charge is -2.38. The molecule has 0 radical (unpaired) electrons. The van der Waals surface area contributed by atoms with Crippen molar-refractivity contribution in [3.63, 3.8) is 0 Å². The van der Waals surface area contributed by atoms with Gasteiger partial charge in [-0.1, -0.05) is 28.1 Å². The molecule has 0 bridgehead atoms. The summed E-state index contributed by atoms with van der Waals surface area (Å²) >= 11 is 3.61. The van der Waals surface area contributed by atoms with Crippen LogP contribution in [0.1, 0.15) is 42.3 Å². The smallest absolute Gasteiger partial charge is 0.231 e. The van der Waals surface area contributed by atoms with E-state index in [-0.39, 0.29) is 19.1 Å². The van der Waals surface area contributed by atoms with Gasteiger partial charge in [0.2, 0.25) is 13.0 Å². The number of hydrazone groups is 1. The molecule has 7 heteroatoms. The van der Waals surface area contributed by atoms with Crippen LogP contribution in [0.25, 0.3) is 0 Å². The van der Waals surface area contributed by atoms with E-state index in [1.807, 2.05) is 61.5 Å². The SMILES string of the molecule is CCOc1ccccc1[C@@H]1Oc2ccc(Br)cc2[C@@H]2CC(c3ccc4c(c3)OCO4)=NN21. The Morgan fingerprint density at radius 3 is 2.75 bits per heavy atom. The Labute approximate surface area is 194 Å². The molecule has 32 heavy (non-hydrogen) atoms. The number of halogens is 1. The van der Waals surface area contributed by atoms with Crippen LogP contribution in [0.3, 0.4) is 0 Å². The van der Waals surface area contributed by atoms with E-state index in [4.69, 9.17) is 24.0 Å². The van der Waals surface area contributed by atoms with Gasteiger partial charge in [-0.25, -0.2) is 5.01 Å². The molecule has 0 fully saturated rings. The number of para-hydroxylation sites is 1. The molecular formula is C25H21BrN2O4. The molecule has 3 aliphatic rings. The molecule has 0 aliphatic carbocycles. The molecule has 0 N–H and O–H groups in total. The van der Waals surface area contributed by atoms with Crippen molar-refractivity contribution < 1.29 is 18.9 Å². The summed E-state index contributed by atoms with van der Waals surface area (Å²) in [5.74, 6) is 3.21. The largest absolute Gasteiger partial charge is 0.493 e. The predicted molar refractivity (Wildman–Crippen MR) is 123 cm³/mol. The highest BCUT2D eigenvalue weighted by Gasteiger charge is 2.42. The van der Waals surface area contributed by atoms with Crippen LogP contribution in [0.2, 0.25) is 0 Å². The molecule has 3 aromatic rings. The molecule has 0 aromatic heterocycles. The van der Waals surface area contributed by atoms with Crippen LogP contribution in [0, 0.1) is 0 Å². The van der Waals surface area contributed by atoms with Gasteiger partial charge >= 0.3 is 0 Å². The third kappa shape index (κ3) is 3.19. The first-order valence-corrected chi connectivity index (χ1v) is 11.4. The Bertz CT molecular complexity index is 1230.